The Morgan fingerprint density at radius 3 is 2.22 bits per heavy atom. The summed E-state index contributed by atoms with van der Waals surface area (Å²) in [7, 11) is 0. The Balaban J connectivity index is 2.07. The van der Waals surface area contributed by atoms with Gasteiger partial charge in [-0.05, 0) is 55.0 Å². The van der Waals surface area contributed by atoms with Crippen molar-refractivity contribution in [2.45, 2.75) is 20.8 Å². The van der Waals surface area contributed by atoms with Crippen molar-refractivity contribution in [2.75, 3.05) is 10.6 Å². The van der Waals surface area contributed by atoms with E-state index in [0.29, 0.717) is 16.3 Å². The molecule has 2 aromatic rings. The highest BCUT2D eigenvalue weighted by atomic mass is 35.5. The van der Waals surface area contributed by atoms with Gasteiger partial charge in [0, 0.05) is 27.9 Å². The van der Waals surface area contributed by atoms with Crippen molar-refractivity contribution in [3.05, 3.63) is 58.6 Å². The zero-order valence-electron chi connectivity index (χ0n) is 13.3. The number of hydrogen-bond acceptors (Lipinski definition) is 2. The van der Waals surface area contributed by atoms with Crippen molar-refractivity contribution in [3.63, 3.8) is 0 Å². The largest absolute Gasteiger partial charge is 0.326 e. The molecule has 23 heavy (non-hydrogen) atoms. The summed E-state index contributed by atoms with van der Waals surface area (Å²) in [6, 6.07) is 12.1. The average Bonchev–Trinajstić information content (AvgIpc) is 2.50. The van der Waals surface area contributed by atoms with Crippen molar-refractivity contribution in [3.8, 4) is 0 Å². The molecular weight excluding hydrogens is 312 g/mol. The van der Waals surface area contributed by atoms with E-state index in [9.17, 15) is 9.59 Å². The molecule has 2 amide bonds. The van der Waals surface area contributed by atoms with Gasteiger partial charge in [-0.1, -0.05) is 25.4 Å². The van der Waals surface area contributed by atoms with Crippen LogP contribution in [0.5, 0.6) is 0 Å². The lowest BCUT2D eigenvalue weighted by Crippen LogP contribution is -2.18. The number of anilines is 2. The first kappa shape index (κ1) is 17.0. The van der Waals surface area contributed by atoms with Gasteiger partial charge in [0.05, 0.1) is 0 Å². The summed E-state index contributed by atoms with van der Waals surface area (Å²) in [4.78, 5) is 23.9. The summed E-state index contributed by atoms with van der Waals surface area (Å²) in [5.41, 5.74) is 2.80. The van der Waals surface area contributed by atoms with Crippen molar-refractivity contribution < 1.29 is 9.59 Å². The van der Waals surface area contributed by atoms with Crippen LogP contribution < -0.4 is 10.6 Å². The van der Waals surface area contributed by atoms with Gasteiger partial charge >= 0.3 is 0 Å². The third kappa shape index (κ3) is 4.57. The molecule has 0 heterocycles. The van der Waals surface area contributed by atoms with Crippen LogP contribution >= 0.6 is 11.6 Å². The molecule has 0 aliphatic heterocycles. The molecule has 2 rings (SSSR count). The predicted octanol–water partition coefficient (Wildman–Crippen LogP) is 4.50. The smallest absolute Gasteiger partial charge is 0.255 e. The molecule has 0 spiro atoms. The molecule has 2 N–H and O–H groups in total. The fourth-order valence-electron chi connectivity index (χ4n) is 1.95. The molecule has 0 saturated carbocycles. The molecule has 0 aromatic heterocycles. The van der Waals surface area contributed by atoms with E-state index in [1.807, 2.05) is 20.8 Å². The number of hydrogen-bond donors (Lipinski definition) is 2. The number of carbonyl (C=O) groups is 2. The third-order valence-corrected chi connectivity index (χ3v) is 3.61. The van der Waals surface area contributed by atoms with Crippen molar-refractivity contribution in [1.29, 1.82) is 0 Å². The summed E-state index contributed by atoms with van der Waals surface area (Å²) < 4.78 is 0. The van der Waals surface area contributed by atoms with E-state index < -0.39 is 0 Å². The number of rotatable bonds is 4. The normalized spacial score (nSPS) is 10.5. The highest BCUT2D eigenvalue weighted by Gasteiger charge is 2.10. The number of aryl methyl sites for hydroxylation is 1. The second-order valence-corrected chi connectivity index (χ2v) is 6.07. The Labute approximate surface area is 140 Å². The zero-order chi connectivity index (χ0) is 17.0. The minimum absolute atomic E-state index is 0.0565. The second-order valence-electron chi connectivity index (χ2n) is 5.63. The maximum atomic E-state index is 12.3. The lowest BCUT2D eigenvalue weighted by Gasteiger charge is -2.10. The Kier molecular flexibility index (Phi) is 5.40. The quantitative estimate of drug-likeness (QED) is 0.867. The molecule has 0 fully saturated rings. The van der Waals surface area contributed by atoms with E-state index in [4.69, 9.17) is 11.6 Å². The maximum absolute atomic E-state index is 12.3. The molecule has 0 aliphatic rings. The molecule has 120 valence electrons. The Morgan fingerprint density at radius 1 is 1.00 bits per heavy atom. The van der Waals surface area contributed by atoms with Crippen LogP contribution in [0.25, 0.3) is 0 Å². The van der Waals surface area contributed by atoms with Gasteiger partial charge < -0.3 is 10.6 Å². The second kappa shape index (κ2) is 7.29. The fraction of sp³-hybridized carbons (Fsp3) is 0.222. The van der Waals surface area contributed by atoms with Gasteiger partial charge in [0.2, 0.25) is 5.91 Å². The van der Waals surface area contributed by atoms with E-state index in [1.165, 1.54) is 0 Å². The lowest BCUT2D eigenvalue weighted by molar-refractivity contribution is -0.118. The monoisotopic (exact) mass is 330 g/mol. The predicted molar refractivity (Wildman–Crippen MR) is 94.1 cm³/mol. The minimum atomic E-state index is -0.211. The van der Waals surface area contributed by atoms with Crippen LogP contribution in [0.4, 0.5) is 11.4 Å². The Hall–Kier alpha value is -2.33. The number of carbonyl (C=O) groups excluding carboxylic acids is 2. The number of benzene rings is 2. The molecule has 2 aromatic carbocycles. The first-order valence-electron chi connectivity index (χ1n) is 7.35. The molecule has 0 atom stereocenters. The number of halogens is 1. The summed E-state index contributed by atoms with van der Waals surface area (Å²) in [6.45, 7) is 5.53. The Bertz CT molecular complexity index is 724. The van der Waals surface area contributed by atoms with Crippen molar-refractivity contribution >= 4 is 34.8 Å². The number of nitrogens with one attached hydrogen (secondary N) is 2. The fourth-order valence-corrected chi connectivity index (χ4v) is 2.18. The van der Waals surface area contributed by atoms with Gasteiger partial charge in [0.1, 0.15) is 0 Å². The molecule has 0 bridgehead atoms. The van der Waals surface area contributed by atoms with Gasteiger partial charge in [-0.15, -0.1) is 0 Å². The molecule has 0 aliphatic carbocycles. The highest BCUT2D eigenvalue weighted by Crippen LogP contribution is 2.20. The molecule has 0 saturated heterocycles. The van der Waals surface area contributed by atoms with Crippen molar-refractivity contribution in [2.24, 2.45) is 5.92 Å². The van der Waals surface area contributed by atoms with Crippen LogP contribution in [-0.2, 0) is 4.79 Å². The van der Waals surface area contributed by atoms with E-state index in [1.54, 1.807) is 42.5 Å². The third-order valence-electron chi connectivity index (χ3n) is 3.38. The topological polar surface area (TPSA) is 58.2 Å². The zero-order valence-corrected chi connectivity index (χ0v) is 14.1. The number of amides is 2. The Morgan fingerprint density at radius 2 is 1.65 bits per heavy atom. The molecule has 4 nitrogen and oxygen atoms in total. The van der Waals surface area contributed by atoms with Crippen LogP contribution in [0, 0.1) is 12.8 Å². The standard InChI is InChI=1S/C18H19ClN2O2/c1-11(2)17(22)20-15-7-4-13(5-8-15)18(23)21-16-9-6-14(19)10-12(16)3/h4-11H,1-3H3,(H,20,22)(H,21,23). The van der Waals surface area contributed by atoms with Crippen molar-refractivity contribution in [1.82, 2.24) is 0 Å². The van der Waals surface area contributed by atoms with Gasteiger partial charge in [-0.25, -0.2) is 0 Å². The SMILES string of the molecule is Cc1cc(Cl)ccc1NC(=O)c1ccc(NC(=O)C(C)C)cc1. The van der Waals surface area contributed by atoms with Crippen LogP contribution in [0.3, 0.4) is 0 Å². The van der Waals surface area contributed by atoms with E-state index in [0.717, 1.165) is 11.3 Å². The summed E-state index contributed by atoms with van der Waals surface area (Å²) in [5.74, 6) is -0.359. The van der Waals surface area contributed by atoms with Gasteiger partial charge in [-0.3, -0.25) is 9.59 Å². The average molecular weight is 331 g/mol. The summed E-state index contributed by atoms with van der Waals surface area (Å²) >= 11 is 5.90. The van der Waals surface area contributed by atoms with Gasteiger partial charge in [0.15, 0.2) is 0 Å². The first-order valence-corrected chi connectivity index (χ1v) is 7.73. The van der Waals surface area contributed by atoms with E-state index in [-0.39, 0.29) is 17.7 Å². The van der Waals surface area contributed by atoms with E-state index >= 15 is 0 Å². The van der Waals surface area contributed by atoms with Crippen LogP contribution in [0.1, 0.15) is 29.8 Å². The van der Waals surface area contributed by atoms with Gasteiger partial charge in [0.25, 0.3) is 5.91 Å². The summed E-state index contributed by atoms with van der Waals surface area (Å²) in [6.07, 6.45) is 0. The highest BCUT2D eigenvalue weighted by molar-refractivity contribution is 6.30. The van der Waals surface area contributed by atoms with Crippen LogP contribution in [0.15, 0.2) is 42.5 Å². The summed E-state index contributed by atoms with van der Waals surface area (Å²) in [5, 5.41) is 6.26. The lowest BCUT2D eigenvalue weighted by atomic mass is 10.1. The molecule has 5 heteroatoms. The van der Waals surface area contributed by atoms with Gasteiger partial charge in [-0.2, -0.15) is 0 Å². The maximum Gasteiger partial charge on any atom is 0.255 e. The molecule has 0 radical (unpaired) electrons. The minimum Gasteiger partial charge on any atom is -0.326 e. The first-order chi connectivity index (χ1) is 10.9. The molecular formula is C18H19ClN2O2. The van der Waals surface area contributed by atoms with Crippen LogP contribution in [-0.4, -0.2) is 11.8 Å². The van der Waals surface area contributed by atoms with E-state index in [2.05, 4.69) is 10.6 Å². The van der Waals surface area contributed by atoms with Crippen LogP contribution in [0.2, 0.25) is 5.02 Å². The molecule has 0 unspecified atom stereocenters.